The van der Waals surface area contributed by atoms with E-state index < -0.39 is 5.97 Å². The van der Waals surface area contributed by atoms with Crippen LogP contribution in [0.2, 0.25) is 0 Å². The molecule has 1 aromatic heterocycles. The summed E-state index contributed by atoms with van der Waals surface area (Å²) in [5.41, 5.74) is 0.824. The van der Waals surface area contributed by atoms with Crippen LogP contribution in [0.5, 0.6) is 0 Å². The van der Waals surface area contributed by atoms with E-state index in [0.29, 0.717) is 19.4 Å². The van der Waals surface area contributed by atoms with Gasteiger partial charge in [-0.15, -0.1) is 11.3 Å². The fourth-order valence-electron chi connectivity index (χ4n) is 1.63. The number of carboxylic acid groups (broad SMARTS) is 1. The van der Waals surface area contributed by atoms with E-state index in [4.69, 9.17) is 5.11 Å². The summed E-state index contributed by atoms with van der Waals surface area (Å²) in [5.74, 6) is -0.787. The average molecular weight is 284 g/mol. The Morgan fingerprint density at radius 3 is 2.79 bits per heavy atom. The van der Waals surface area contributed by atoms with Crippen molar-refractivity contribution in [2.45, 2.75) is 45.4 Å². The molecule has 0 saturated heterocycles. The number of carboxylic acids is 1. The van der Waals surface area contributed by atoms with Gasteiger partial charge in [0.15, 0.2) is 0 Å². The first kappa shape index (κ1) is 15.6. The van der Waals surface area contributed by atoms with E-state index in [1.54, 1.807) is 11.3 Å². The molecule has 1 aromatic rings. The van der Waals surface area contributed by atoms with Crippen molar-refractivity contribution in [2.24, 2.45) is 0 Å². The van der Waals surface area contributed by atoms with Crippen molar-refractivity contribution in [1.82, 2.24) is 10.3 Å². The topological polar surface area (TPSA) is 79.3 Å². The minimum absolute atomic E-state index is 0.0220. The predicted molar refractivity (Wildman–Crippen MR) is 74.3 cm³/mol. The van der Waals surface area contributed by atoms with Crippen LogP contribution in [0.1, 0.15) is 43.3 Å². The highest BCUT2D eigenvalue weighted by atomic mass is 32.1. The number of unbranched alkanes of at least 4 members (excludes halogenated alkanes) is 2. The molecule has 1 amide bonds. The molecule has 19 heavy (non-hydrogen) atoms. The van der Waals surface area contributed by atoms with Crippen molar-refractivity contribution in [1.29, 1.82) is 0 Å². The second kappa shape index (κ2) is 8.63. The molecular weight excluding hydrogens is 264 g/mol. The lowest BCUT2D eigenvalue weighted by atomic mass is 10.2. The third kappa shape index (κ3) is 6.91. The van der Waals surface area contributed by atoms with Crippen molar-refractivity contribution in [3.8, 4) is 0 Å². The molecule has 1 heterocycles. The number of amides is 1. The summed E-state index contributed by atoms with van der Waals surface area (Å²) >= 11 is 1.58. The van der Waals surface area contributed by atoms with Crippen molar-refractivity contribution >= 4 is 23.2 Å². The Bertz CT molecular complexity index is 418. The van der Waals surface area contributed by atoms with Crippen LogP contribution in [0, 0.1) is 0 Å². The van der Waals surface area contributed by atoms with Crippen molar-refractivity contribution in [3.05, 3.63) is 16.1 Å². The smallest absolute Gasteiger partial charge is 0.303 e. The molecular formula is C13H20N2O3S. The lowest BCUT2D eigenvalue weighted by Crippen LogP contribution is -2.26. The summed E-state index contributed by atoms with van der Waals surface area (Å²) in [7, 11) is 0. The molecule has 1 rings (SSSR count). The first-order valence-electron chi connectivity index (χ1n) is 6.53. The summed E-state index contributed by atoms with van der Waals surface area (Å²) in [4.78, 5) is 26.2. The Hall–Kier alpha value is -1.43. The first-order valence-corrected chi connectivity index (χ1v) is 7.41. The number of hydrogen-bond donors (Lipinski definition) is 2. The number of thiazole rings is 1. The molecule has 0 aliphatic rings. The second-order valence-corrected chi connectivity index (χ2v) is 5.26. The van der Waals surface area contributed by atoms with Gasteiger partial charge in [-0.25, -0.2) is 4.98 Å². The number of carbonyl (C=O) groups excluding carboxylic acids is 1. The maximum absolute atomic E-state index is 11.6. The van der Waals surface area contributed by atoms with Crippen LogP contribution >= 0.6 is 11.3 Å². The standard InChI is InChI=1S/C13H20N2O3S/c1-2-12-15-10(9-19-12)8-11(16)14-7-5-3-4-6-13(17)18/h9H,2-8H2,1H3,(H,14,16)(H,17,18). The molecule has 6 heteroatoms. The summed E-state index contributed by atoms with van der Waals surface area (Å²) in [6.45, 7) is 2.64. The van der Waals surface area contributed by atoms with E-state index >= 15 is 0 Å². The van der Waals surface area contributed by atoms with Crippen LogP contribution in [0.15, 0.2) is 5.38 Å². The van der Waals surface area contributed by atoms with Gasteiger partial charge in [-0.2, -0.15) is 0 Å². The van der Waals surface area contributed by atoms with Gasteiger partial charge in [-0.05, 0) is 19.3 Å². The predicted octanol–water partition coefficient (Wildman–Crippen LogP) is 2.01. The van der Waals surface area contributed by atoms with Gasteiger partial charge in [0.1, 0.15) is 0 Å². The highest BCUT2D eigenvalue weighted by Gasteiger charge is 2.06. The lowest BCUT2D eigenvalue weighted by molar-refractivity contribution is -0.137. The Morgan fingerprint density at radius 1 is 1.37 bits per heavy atom. The molecule has 5 nitrogen and oxygen atoms in total. The van der Waals surface area contributed by atoms with Crippen LogP contribution in [0.25, 0.3) is 0 Å². The maximum Gasteiger partial charge on any atom is 0.303 e. The number of aromatic nitrogens is 1. The normalized spacial score (nSPS) is 10.4. The van der Waals surface area contributed by atoms with Gasteiger partial charge in [-0.1, -0.05) is 13.3 Å². The fourth-order valence-corrected chi connectivity index (χ4v) is 2.37. The van der Waals surface area contributed by atoms with Crippen LogP contribution in [0.4, 0.5) is 0 Å². The molecule has 0 unspecified atom stereocenters. The number of nitrogens with zero attached hydrogens (tertiary/aromatic N) is 1. The van der Waals surface area contributed by atoms with E-state index in [1.165, 1.54) is 0 Å². The number of carbonyl (C=O) groups is 2. The van der Waals surface area contributed by atoms with E-state index in [2.05, 4.69) is 10.3 Å². The van der Waals surface area contributed by atoms with E-state index in [1.807, 2.05) is 12.3 Å². The number of aliphatic carboxylic acids is 1. The molecule has 0 spiro atoms. The Morgan fingerprint density at radius 2 is 2.16 bits per heavy atom. The van der Waals surface area contributed by atoms with Gasteiger partial charge in [0.05, 0.1) is 17.1 Å². The molecule has 0 atom stereocenters. The molecule has 0 radical (unpaired) electrons. The monoisotopic (exact) mass is 284 g/mol. The highest BCUT2D eigenvalue weighted by molar-refractivity contribution is 7.09. The molecule has 2 N–H and O–H groups in total. The largest absolute Gasteiger partial charge is 0.481 e. The van der Waals surface area contributed by atoms with Crippen LogP contribution in [-0.4, -0.2) is 28.5 Å². The van der Waals surface area contributed by atoms with Crippen LogP contribution in [-0.2, 0) is 22.4 Å². The number of nitrogens with one attached hydrogen (secondary N) is 1. The van der Waals surface area contributed by atoms with Crippen LogP contribution < -0.4 is 5.32 Å². The molecule has 0 bridgehead atoms. The highest BCUT2D eigenvalue weighted by Crippen LogP contribution is 2.10. The molecule has 106 valence electrons. The van der Waals surface area contributed by atoms with Gasteiger partial charge in [-0.3, -0.25) is 9.59 Å². The number of hydrogen-bond acceptors (Lipinski definition) is 4. The zero-order valence-electron chi connectivity index (χ0n) is 11.1. The van der Waals surface area contributed by atoms with Gasteiger partial charge >= 0.3 is 5.97 Å². The Balaban J connectivity index is 2.09. The van der Waals surface area contributed by atoms with Gasteiger partial charge in [0.25, 0.3) is 0 Å². The zero-order valence-corrected chi connectivity index (χ0v) is 12.0. The zero-order chi connectivity index (χ0) is 14.1. The minimum atomic E-state index is -0.765. The van der Waals surface area contributed by atoms with E-state index in [-0.39, 0.29) is 12.3 Å². The Kier molecular flexibility index (Phi) is 7.10. The maximum atomic E-state index is 11.6. The van der Waals surface area contributed by atoms with Gasteiger partial charge in [0.2, 0.25) is 5.91 Å². The molecule has 0 aliphatic carbocycles. The SMILES string of the molecule is CCc1nc(CC(=O)NCCCCCC(=O)O)cs1. The third-order valence-electron chi connectivity index (χ3n) is 2.63. The quantitative estimate of drug-likeness (QED) is 0.680. The summed E-state index contributed by atoms with van der Waals surface area (Å²) in [5, 5.41) is 14.3. The van der Waals surface area contributed by atoms with Gasteiger partial charge in [0, 0.05) is 18.3 Å². The van der Waals surface area contributed by atoms with Crippen molar-refractivity contribution < 1.29 is 14.7 Å². The average Bonchev–Trinajstić information content (AvgIpc) is 2.81. The molecule has 0 aromatic carbocycles. The number of rotatable bonds is 9. The van der Waals surface area contributed by atoms with Crippen LogP contribution in [0.3, 0.4) is 0 Å². The lowest BCUT2D eigenvalue weighted by Gasteiger charge is -2.03. The summed E-state index contributed by atoms with van der Waals surface area (Å²) < 4.78 is 0. The number of aryl methyl sites for hydroxylation is 1. The molecule has 0 saturated carbocycles. The van der Waals surface area contributed by atoms with E-state index in [9.17, 15) is 9.59 Å². The van der Waals surface area contributed by atoms with Crippen molar-refractivity contribution in [2.75, 3.05) is 6.54 Å². The van der Waals surface area contributed by atoms with E-state index in [0.717, 1.165) is 30.0 Å². The second-order valence-electron chi connectivity index (χ2n) is 4.32. The third-order valence-corrected chi connectivity index (χ3v) is 3.67. The molecule has 0 aliphatic heterocycles. The Labute approximate surface area is 117 Å². The fraction of sp³-hybridized carbons (Fsp3) is 0.615. The summed E-state index contributed by atoms with van der Waals surface area (Å²) in [6.07, 6.45) is 3.73. The first-order chi connectivity index (χ1) is 9.11. The van der Waals surface area contributed by atoms with Crippen molar-refractivity contribution in [3.63, 3.8) is 0 Å². The van der Waals surface area contributed by atoms with Gasteiger partial charge < -0.3 is 10.4 Å². The summed E-state index contributed by atoms with van der Waals surface area (Å²) in [6, 6.07) is 0. The molecule has 0 fully saturated rings. The minimum Gasteiger partial charge on any atom is -0.481 e.